The van der Waals surface area contributed by atoms with Crippen LogP contribution >= 0.6 is 0 Å². The number of hydrogen-bond donors (Lipinski definition) is 0. The highest BCUT2D eigenvalue weighted by atomic mass is 16.2. The maximum absolute atomic E-state index is 11.8. The fourth-order valence-electron chi connectivity index (χ4n) is 2.25. The van der Waals surface area contributed by atoms with E-state index < -0.39 is 0 Å². The predicted molar refractivity (Wildman–Crippen MR) is 52.3 cm³/mol. The van der Waals surface area contributed by atoms with Gasteiger partial charge in [-0.05, 0) is 12.8 Å². The third kappa shape index (κ3) is 1.54. The number of nitrogens with zero attached hydrogens (tertiary/aromatic N) is 2. The Morgan fingerprint density at radius 2 is 1.80 bits per heavy atom. The average molecular weight is 204 g/mol. The number of carbonyl (C=O) groups is 2. The zero-order valence-corrected chi connectivity index (χ0v) is 8.35. The second kappa shape index (κ2) is 3.85. The van der Waals surface area contributed by atoms with Crippen molar-refractivity contribution in [2.24, 2.45) is 11.8 Å². The second-order valence-corrected chi connectivity index (χ2v) is 3.89. The highest BCUT2D eigenvalue weighted by molar-refractivity contribution is 6.05. The van der Waals surface area contributed by atoms with E-state index in [0.29, 0.717) is 12.8 Å². The molecule has 1 aliphatic carbocycles. The summed E-state index contributed by atoms with van der Waals surface area (Å²) in [5.74, 6) is -0.517. The van der Waals surface area contributed by atoms with Crippen LogP contribution in [0.5, 0.6) is 0 Å². The summed E-state index contributed by atoms with van der Waals surface area (Å²) in [6.07, 6.45) is 5.47. The normalized spacial score (nSPS) is 29.1. The molecule has 0 radical (unpaired) electrons. The Kier molecular flexibility index (Phi) is 2.55. The molecule has 0 spiro atoms. The third-order valence-electron chi connectivity index (χ3n) is 3.05. The zero-order valence-electron chi connectivity index (χ0n) is 8.35. The molecule has 2 amide bonds. The van der Waals surface area contributed by atoms with Gasteiger partial charge in [0.15, 0.2) is 0 Å². The molecule has 0 N–H and O–H groups in total. The zero-order chi connectivity index (χ0) is 10.8. The van der Waals surface area contributed by atoms with Crippen LogP contribution in [0.3, 0.4) is 0 Å². The number of carbonyl (C=O) groups excluding carboxylic acids is 2. The van der Waals surface area contributed by atoms with Crippen molar-refractivity contribution in [2.75, 3.05) is 6.54 Å². The van der Waals surface area contributed by atoms with Gasteiger partial charge >= 0.3 is 0 Å². The molecule has 2 rings (SSSR count). The number of amides is 2. The summed E-state index contributed by atoms with van der Waals surface area (Å²) >= 11 is 0. The van der Waals surface area contributed by atoms with Crippen molar-refractivity contribution in [2.45, 2.75) is 19.3 Å². The largest absolute Gasteiger partial charge is 0.281 e. The van der Waals surface area contributed by atoms with Crippen LogP contribution in [0, 0.1) is 23.2 Å². The summed E-state index contributed by atoms with van der Waals surface area (Å²) in [6, 6.07) is 1.96. The van der Waals surface area contributed by atoms with Gasteiger partial charge in [0.25, 0.3) is 0 Å². The number of fused-ring (bicyclic) bond motifs is 1. The molecular weight excluding hydrogens is 192 g/mol. The molecule has 1 saturated heterocycles. The van der Waals surface area contributed by atoms with Gasteiger partial charge in [0.2, 0.25) is 11.8 Å². The number of imide groups is 1. The van der Waals surface area contributed by atoms with E-state index >= 15 is 0 Å². The van der Waals surface area contributed by atoms with Crippen LogP contribution in [0.25, 0.3) is 0 Å². The lowest BCUT2D eigenvalue weighted by molar-refractivity contribution is -0.139. The number of allylic oxidation sites excluding steroid dienone is 2. The maximum atomic E-state index is 11.8. The van der Waals surface area contributed by atoms with E-state index in [9.17, 15) is 9.59 Å². The Bertz CT molecular complexity index is 341. The van der Waals surface area contributed by atoms with E-state index in [2.05, 4.69) is 0 Å². The topological polar surface area (TPSA) is 61.2 Å². The van der Waals surface area contributed by atoms with Gasteiger partial charge in [0.1, 0.15) is 0 Å². The van der Waals surface area contributed by atoms with Crippen molar-refractivity contribution < 1.29 is 9.59 Å². The van der Waals surface area contributed by atoms with Gasteiger partial charge < -0.3 is 0 Å². The summed E-state index contributed by atoms with van der Waals surface area (Å²) in [4.78, 5) is 24.9. The van der Waals surface area contributed by atoms with Gasteiger partial charge in [-0.25, -0.2) is 0 Å². The van der Waals surface area contributed by atoms with E-state index in [1.807, 2.05) is 18.2 Å². The van der Waals surface area contributed by atoms with Gasteiger partial charge in [-0.2, -0.15) is 5.26 Å². The lowest BCUT2D eigenvalue weighted by Gasteiger charge is -2.14. The smallest absolute Gasteiger partial charge is 0.233 e. The molecule has 2 atom stereocenters. The fourth-order valence-corrected chi connectivity index (χ4v) is 2.25. The molecule has 0 unspecified atom stereocenters. The van der Waals surface area contributed by atoms with E-state index in [1.54, 1.807) is 0 Å². The highest BCUT2D eigenvalue weighted by Gasteiger charge is 2.46. The SMILES string of the molecule is N#CCCN1C(=O)[C@H]2CC=CC[C@@H]2C1=O. The molecular formula is C11H12N2O2. The molecule has 15 heavy (non-hydrogen) atoms. The molecule has 1 aliphatic heterocycles. The number of likely N-dealkylation sites (tertiary alicyclic amines) is 1. The fraction of sp³-hybridized carbons (Fsp3) is 0.545. The number of nitriles is 1. The summed E-state index contributed by atoms with van der Waals surface area (Å²) < 4.78 is 0. The van der Waals surface area contributed by atoms with Crippen LogP contribution in [-0.4, -0.2) is 23.3 Å². The van der Waals surface area contributed by atoms with E-state index in [0.717, 1.165) is 0 Å². The summed E-state index contributed by atoms with van der Waals surface area (Å²) in [5, 5.41) is 8.45. The van der Waals surface area contributed by atoms with Crippen molar-refractivity contribution in [3.8, 4) is 6.07 Å². The molecule has 0 aromatic carbocycles. The van der Waals surface area contributed by atoms with Crippen molar-refractivity contribution in [3.05, 3.63) is 12.2 Å². The van der Waals surface area contributed by atoms with Gasteiger partial charge in [-0.15, -0.1) is 0 Å². The van der Waals surface area contributed by atoms with Gasteiger partial charge in [-0.3, -0.25) is 14.5 Å². The van der Waals surface area contributed by atoms with Crippen molar-refractivity contribution in [1.29, 1.82) is 5.26 Å². The number of rotatable bonds is 2. The van der Waals surface area contributed by atoms with Gasteiger partial charge in [0, 0.05) is 6.54 Å². The molecule has 0 bridgehead atoms. The van der Waals surface area contributed by atoms with Crippen LogP contribution in [0.2, 0.25) is 0 Å². The van der Waals surface area contributed by atoms with Crippen LogP contribution in [-0.2, 0) is 9.59 Å². The molecule has 1 fully saturated rings. The molecule has 78 valence electrons. The van der Waals surface area contributed by atoms with E-state index in [-0.39, 0.29) is 36.6 Å². The first-order valence-electron chi connectivity index (χ1n) is 5.13. The van der Waals surface area contributed by atoms with Crippen molar-refractivity contribution in [1.82, 2.24) is 4.90 Å². The quantitative estimate of drug-likeness (QED) is 0.495. The second-order valence-electron chi connectivity index (χ2n) is 3.89. The highest BCUT2D eigenvalue weighted by Crippen LogP contribution is 2.34. The first-order chi connectivity index (χ1) is 7.25. The Labute approximate surface area is 88.2 Å². The van der Waals surface area contributed by atoms with Gasteiger partial charge in [-0.1, -0.05) is 12.2 Å². The minimum Gasteiger partial charge on any atom is -0.281 e. The van der Waals surface area contributed by atoms with Crippen molar-refractivity contribution >= 4 is 11.8 Å². The van der Waals surface area contributed by atoms with Crippen molar-refractivity contribution in [3.63, 3.8) is 0 Å². The van der Waals surface area contributed by atoms with Crippen LogP contribution in [0.1, 0.15) is 19.3 Å². The lowest BCUT2D eigenvalue weighted by Crippen LogP contribution is -2.31. The van der Waals surface area contributed by atoms with Crippen LogP contribution < -0.4 is 0 Å². The Morgan fingerprint density at radius 1 is 1.27 bits per heavy atom. The van der Waals surface area contributed by atoms with Crippen LogP contribution in [0.4, 0.5) is 0 Å². The van der Waals surface area contributed by atoms with E-state index in [1.165, 1.54) is 4.90 Å². The third-order valence-corrected chi connectivity index (χ3v) is 3.05. The summed E-state index contributed by atoms with van der Waals surface area (Å²) in [5.41, 5.74) is 0. The van der Waals surface area contributed by atoms with Gasteiger partial charge in [0.05, 0.1) is 24.3 Å². The lowest BCUT2D eigenvalue weighted by atomic mass is 9.85. The Hall–Kier alpha value is -1.63. The summed E-state index contributed by atoms with van der Waals surface area (Å²) in [6.45, 7) is 0.251. The van der Waals surface area contributed by atoms with Crippen LogP contribution in [0.15, 0.2) is 12.2 Å². The van der Waals surface area contributed by atoms with E-state index in [4.69, 9.17) is 5.26 Å². The minimum absolute atomic E-state index is 0.0930. The monoisotopic (exact) mass is 204 g/mol. The molecule has 0 saturated carbocycles. The number of hydrogen-bond acceptors (Lipinski definition) is 3. The average Bonchev–Trinajstić information content (AvgIpc) is 2.51. The molecule has 0 aromatic heterocycles. The minimum atomic E-state index is -0.166. The predicted octanol–water partition coefficient (Wildman–Crippen LogP) is 0.851. The Morgan fingerprint density at radius 3 is 2.27 bits per heavy atom. The molecule has 1 heterocycles. The Balaban J connectivity index is 2.14. The first kappa shape index (κ1) is 9.91. The molecule has 2 aliphatic rings. The molecule has 0 aromatic rings. The summed E-state index contributed by atoms with van der Waals surface area (Å²) in [7, 11) is 0. The maximum Gasteiger partial charge on any atom is 0.233 e. The first-order valence-corrected chi connectivity index (χ1v) is 5.13. The standard InChI is InChI=1S/C11H12N2O2/c12-6-3-7-13-10(14)8-4-1-2-5-9(8)11(13)15/h1-2,8-9H,3-5,7H2/t8-,9-/m0/s1. The molecule has 4 nitrogen and oxygen atoms in total. The molecule has 4 heteroatoms.